The van der Waals surface area contributed by atoms with Crippen LogP contribution in [0.15, 0.2) is 41.4 Å². The van der Waals surface area contributed by atoms with Gasteiger partial charge in [-0.3, -0.25) is 14.5 Å². The van der Waals surface area contributed by atoms with Crippen molar-refractivity contribution in [1.82, 2.24) is 10.2 Å². The van der Waals surface area contributed by atoms with Crippen LogP contribution in [-0.4, -0.2) is 52.1 Å². The predicted molar refractivity (Wildman–Crippen MR) is 152 cm³/mol. The van der Waals surface area contributed by atoms with E-state index in [0.717, 1.165) is 0 Å². The summed E-state index contributed by atoms with van der Waals surface area (Å²) in [6.07, 6.45) is 1.65. The average Bonchev–Trinajstić information content (AvgIpc) is 2.94. The Kier molecular flexibility index (Phi) is 9.78. The number of ether oxygens (including phenoxy) is 2. The fourth-order valence-corrected chi connectivity index (χ4v) is 4.95. The first kappa shape index (κ1) is 30.9. The number of carbonyl (C=O) groups is 2. The third-order valence-corrected chi connectivity index (χ3v) is 7.38. The first-order valence-corrected chi connectivity index (χ1v) is 13.9. The van der Waals surface area contributed by atoms with Gasteiger partial charge in [0.2, 0.25) is 5.91 Å². The van der Waals surface area contributed by atoms with E-state index in [1.807, 2.05) is 34.6 Å². The van der Waals surface area contributed by atoms with Crippen molar-refractivity contribution in [3.63, 3.8) is 0 Å². The fourth-order valence-electron chi connectivity index (χ4n) is 4.95. The summed E-state index contributed by atoms with van der Waals surface area (Å²) in [6, 6.07) is 7.95. The molecule has 9 nitrogen and oxygen atoms in total. The lowest BCUT2D eigenvalue weighted by atomic mass is 9.87. The van der Waals surface area contributed by atoms with Crippen LogP contribution in [0.1, 0.15) is 88.3 Å². The van der Waals surface area contributed by atoms with E-state index in [0.29, 0.717) is 42.1 Å². The lowest BCUT2D eigenvalue weighted by Crippen LogP contribution is -2.51. The largest absolute Gasteiger partial charge is 0.494 e. The molecule has 2 atom stereocenters. The number of aliphatic hydroxyl groups is 1. The molecule has 0 saturated carbocycles. The number of hydrogen-bond acceptors (Lipinski definition) is 7. The van der Waals surface area contributed by atoms with E-state index in [4.69, 9.17) is 15.2 Å². The van der Waals surface area contributed by atoms with Crippen LogP contribution in [0.25, 0.3) is 0 Å². The topological polar surface area (TPSA) is 126 Å². The Morgan fingerprint density at radius 1 is 1.23 bits per heavy atom. The second kappa shape index (κ2) is 12.7. The molecule has 2 aromatic rings. The SMILES string of the molecule is CC.CCOc1ccc(C(=O)NC2c3cc(F)ccc3OCC2(C)O)cc1CN1C(=O)CC(CC)(CC)N=C1N. The molecule has 2 aliphatic heterocycles. The maximum absolute atomic E-state index is 14.0. The van der Waals surface area contributed by atoms with Gasteiger partial charge in [0.25, 0.3) is 5.91 Å². The van der Waals surface area contributed by atoms with Gasteiger partial charge in [-0.2, -0.15) is 0 Å². The van der Waals surface area contributed by atoms with Crippen molar-refractivity contribution in [2.24, 2.45) is 10.7 Å². The van der Waals surface area contributed by atoms with Gasteiger partial charge in [0.1, 0.15) is 29.5 Å². The van der Waals surface area contributed by atoms with E-state index in [9.17, 15) is 19.1 Å². The van der Waals surface area contributed by atoms with Gasteiger partial charge in [-0.05, 0) is 63.1 Å². The quantitative estimate of drug-likeness (QED) is 0.440. The Labute approximate surface area is 235 Å². The van der Waals surface area contributed by atoms with Gasteiger partial charge in [-0.25, -0.2) is 9.38 Å². The number of nitrogens with one attached hydrogen (secondary N) is 1. The summed E-state index contributed by atoms with van der Waals surface area (Å²) in [5, 5.41) is 13.8. The summed E-state index contributed by atoms with van der Waals surface area (Å²) in [6.45, 7) is 11.7. The summed E-state index contributed by atoms with van der Waals surface area (Å²) in [5.74, 6) is -0.0933. The lowest BCUT2D eigenvalue weighted by molar-refractivity contribution is -0.130. The summed E-state index contributed by atoms with van der Waals surface area (Å²) in [7, 11) is 0. The molecular formula is C30H41FN4O5. The van der Waals surface area contributed by atoms with Crippen LogP contribution in [0.4, 0.5) is 4.39 Å². The average molecular weight is 557 g/mol. The molecule has 10 heteroatoms. The number of carbonyl (C=O) groups excluding carboxylic acids is 2. The maximum atomic E-state index is 14.0. The molecule has 4 rings (SSSR count). The molecule has 0 radical (unpaired) electrons. The molecule has 0 fully saturated rings. The smallest absolute Gasteiger partial charge is 0.251 e. The number of nitrogens with two attached hydrogens (primary N) is 1. The number of benzene rings is 2. The van der Waals surface area contributed by atoms with Crippen molar-refractivity contribution in [2.45, 2.75) is 84.5 Å². The highest BCUT2D eigenvalue weighted by Gasteiger charge is 2.41. The van der Waals surface area contributed by atoms with Crippen molar-refractivity contribution in [1.29, 1.82) is 0 Å². The summed E-state index contributed by atoms with van der Waals surface area (Å²) in [5.41, 5.74) is 5.47. The van der Waals surface area contributed by atoms with Crippen LogP contribution in [0.5, 0.6) is 11.5 Å². The van der Waals surface area contributed by atoms with E-state index in [2.05, 4.69) is 10.3 Å². The van der Waals surface area contributed by atoms with E-state index < -0.39 is 28.9 Å². The molecule has 2 unspecified atom stereocenters. The highest BCUT2D eigenvalue weighted by Crippen LogP contribution is 2.38. The summed E-state index contributed by atoms with van der Waals surface area (Å²) >= 11 is 0. The number of fused-ring (bicyclic) bond motifs is 1. The molecule has 2 heterocycles. The number of rotatable bonds is 8. The minimum absolute atomic E-state index is 0.0716. The van der Waals surface area contributed by atoms with Gasteiger partial charge < -0.3 is 25.6 Å². The first-order chi connectivity index (χ1) is 19.0. The van der Waals surface area contributed by atoms with Crippen molar-refractivity contribution < 1.29 is 28.6 Å². The van der Waals surface area contributed by atoms with E-state index in [1.54, 1.807) is 18.2 Å². The zero-order valence-electron chi connectivity index (χ0n) is 24.2. The van der Waals surface area contributed by atoms with Crippen LogP contribution in [-0.2, 0) is 11.3 Å². The summed E-state index contributed by atoms with van der Waals surface area (Å²) in [4.78, 5) is 32.5. The molecule has 0 saturated heterocycles. The Bertz CT molecular complexity index is 1260. The molecule has 2 aromatic carbocycles. The van der Waals surface area contributed by atoms with Crippen LogP contribution >= 0.6 is 0 Å². The Morgan fingerprint density at radius 2 is 1.93 bits per heavy atom. The standard InChI is InChI=1S/C28H35FN4O5.C2H6/c1-5-28(6-2)14-23(34)33(26(30)32-28)15-18-12-17(8-10-21(18)37-7-3)25(35)31-24-20-13-19(29)9-11-22(20)38-16-27(24,4)36;1-2/h8-13,24,36H,5-7,14-16H2,1-4H3,(H2,30,32)(H,31,35);1-2H3. The van der Waals surface area contributed by atoms with Crippen molar-refractivity contribution in [2.75, 3.05) is 13.2 Å². The first-order valence-electron chi connectivity index (χ1n) is 13.9. The van der Waals surface area contributed by atoms with E-state index >= 15 is 0 Å². The minimum Gasteiger partial charge on any atom is -0.494 e. The van der Waals surface area contributed by atoms with E-state index in [1.165, 1.54) is 30.0 Å². The molecular weight excluding hydrogens is 515 g/mol. The van der Waals surface area contributed by atoms with Gasteiger partial charge in [0.15, 0.2) is 5.96 Å². The van der Waals surface area contributed by atoms with E-state index in [-0.39, 0.29) is 37.0 Å². The Balaban J connectivity index is 0.00000216. The van der Waals surface area contributed by atoms with Gasteiger partial charge >= 0.3 is 0 Å². The Hall–Kier alpha value is -3.66. The van der Waals surface area contributed by atoms with Crippen molar-refractivity contribution in [3.8, 4) is 11.5 Å². The molecule has 0 spiro atoms. The molecule has 0 bridgehead atoms. The molecule has 2 aliphatic rings. The van der Waals surface area contributed by atoms with Crippen molar-refractivity contribution >= 4 is 17.8 Å². The normalized spacial score (nSPS) is 21.3. The second-order valence-electron chi connectivity index (χ2n) is 10.0. The van der Waals surface area contributed by atoms with Crippen molar-refractivity contribution in [3.05, 3.63) is 58.9 Å². The molecule has 218 valence electrons. The molecule has 4 N–H and O–H groups in total. The number of amides is 2. The lowest BCUT2D eigenvalue weighted by Gasteiger charge is -2.38. The predicted octanol–water partition coefficient (Wildman–Crippen LogP) is 4.47. The highest BCUT2D eigenvalue weighted by molar-refractivity contribution is 5.99. The maximum Gasteiger partial charge on any atom is 0.251 e. The van der Waals surface area contributed by atoms with Gasteiger partial charge in [-0.1, -0.05) is 27.7 Å². The summed E-state index contributed by atoms with van der Waals surface area (Å²) < 4.78 is 25.3. The van der Waals surface area contributed by atoms with Gasteiger partial charge in [0.05, 0.1) is 31.2 Å². The fraction of sp³-hybridized carbons (Fsp3) is 0.500. The molecule has 0 aliphatic carbocycles. The zero-order chi connectivity index (χ0) is 29.7. The number of guanidine groups is 1. The number of hydrogen-bond donors (Lipinski definition) is 3. The number of aliphatic imine (C=N–C) groups is 1. The van der Waals surface area contributed by atoms with Crippen LogP contribution in [0.3, 0.4) is 0 Å². The zero-order valence-corrected chi connectivity index (χ0v) is 24.2. The monoisotopic (exact) mass is 556 g/mol. The van der Waals surface area contributed by atoms with Crippen LogP contribution in [0.2, 0.25) is 0 Å². The van der Waals surface area contributed by atoms with Gasteiger partial charge in [0, 0.05) is 16.7 Å². The van der Waals surface area contributed by atoms with Crippen LogP contribution in [0, 0.1) is 5.82 Å². The second-order valence-corrected chi connectivity index (χ2v) is 10.0. The number of nitrogens with zero attached hydrogens (tertiary/aromatic N) is 2. The minimum atomic E-state index is -1.47. The third-order valence-electron chi connectivity index (χ3n) is 7.38. The third kappa shape index (κ3) is 6.38. The molecule has 40 heavy (non-hydrogen) atoms. The van der Waals surface area contributed by atoms with Crippen LogP contribution < -0.4 is 20.5 Å². The molecule has 0 aromatic heterocycles. The highest BCUT2D eigenvalue weighted by atomic mass is 19.1. The molecule has 2 amide bonds. The Morgan fingerprint density at radius 3 is 2.55 bits per heavy atom. The van der Waals surface area contributed by atoms with Gasteiger partial charge in [-0.15, -0.1) is 0 Å². The number of halogens is 1.